The molecule has 34 heavy (non-hydrogen) atoms. The van der Waals surface area contributed by atoms with E-state index in [9.17, 15) is 15.2 Å². The number of aromatic amines is 1. The fourth-order valence-electron chi connectivity index (χ4n) is 3.39. The first kappa shape index (κ1) is 25.3. The van der Waals surface area contributed by atoms with Crippen LogP contribution in [0.15, 0.2) is 4.99 Å². The van der Waals surface area contributed by atoms with Gasteiger partial charge < -0.3 is 10.1 Å². The summed E-state index contributed by atoms with van der Waals surface area (Å²) in [5.41, 5.74) is -0.957. The highest BCUT2D eigenvalue weighted by Gasteiger charge is 2.38. The summed E-state index contributed by atoms with van der Waals surface area (Å²) in [5, 5.41) is 18.4. The van der Waals surface area contributed by atoms with Gasteiger partial charge in [0.25, 0.3) is 5.91 Å². The fraction of sp³-hybridized carbons (Fsp3) is 0. The maximum atomic E-state index is 13.0. The lowest BCUT2D eigenvalue weighted by atomic mass is 9.99. The molecular weight excluding hydrogens is 612 g/mol. The van der Waals surface area contributed by atoms with Gasteiger partial charge >= 0.3 is 0 Å². The van der Waals surface area contributed by atoms with Crippen LogP contribution in [-0.2, 0) is 0 Å². The lowest BCUT2D eigenvalue weighted by molar-refractivity contribution is 0.101. The van der Waals surface area contributed by atoms with Crippen LogP contribution in [0.25, 0.3) is 16.1 Å². The third-order valence-electron chi connectivity index (χ3n) is 4.86. The Morgan fingerprint density at radius 3 is 1.76 bits per heavy atom. The van der Waals surface area contributed by atoms with E-state index in [1.807, 2.05) is 0 Å². The molecule has 2 N–H and O–H groups in total. The Bertz CT molecular complexity index is 1540. The molecule has 0 atom stereocenters. The number of carbonyl (C=O) groups is 1. The van der Waals surface area contributed by atoms with E-state index in [1.165, 1.54) is 0 Å². The largest absolute Gasteiger partial charge is 0.494 e. The van der Waals surface area contributed by atoms with Gasteiger partial charge in [-0.1, -0.05) is 92.8 Å². The highest BCUT2D eigenvalue weighted by Crippen LogP contribution is 2.51. The predicted molar refractivity (Wildman–Crippen MR) is 135 cm³/mol. The van der Waals surface area contributed by atoms with Gasteiger partial charge in [0.05, 0.1) is 74.8 Å². The molecule has 1 aliphatic heterocycles. The van der Waals surface area contributed by atoms with Crippen molar-refractivity contribution in [3.63, 3.8) is 0 Å². The van der Waals surface area contributed by atoms with Crippen LogP contribution in [0, 0.1) is 17.9 Å². The molecule has 0 aliphatic carbocycles. The number of aromatic hydroxyl groups is 1. The van der Waals surface area contributed by atoms with Crippen LogP contribution in [0.4, 0.5) is 5.69 Å². The van der Waals surface area contributed by atoms with Gasteiger partial charge in [0.2, 0.25) is 5.69 Å². The third-order valence-corrected chi connectivity index (χ3v) is 8.25. The van der Waals surface area contributed by atoms with Gasteiger partial charge in [-0.05, 0) is 0 Å². The van der Waals surface area contributed by atoms with Crippen LogP contribution in [0.5, 0.6) is 5.88 Å². The minimum atomic E-state index is -0.825. The summed E-state index contributed by atoms with van der Waals surface area (Å²) in [7, 11) is 0. The molecule has 4 rings (SSSR count). The first-order chi connectivity index (χ1) is 16.0. The van der Waals surface area contributed by atoms with Gasteiger partial charge in [-0.3, -0.25) is 4.79 Å². The van der Waals surface area contributed by atoms with E-state index in [-0.39, 0.29) is 85.1 Å². The Labute approximate surface area is 230 Å². The van der Waals surface area contributed by atoms with Gasteiger partial charge in [-0.2, -0.15) is 5.26 Å². The number of benzene rings is 2. The zero-order valence-corrected chi connectivity index (χ0v) is 21.8. The van der Waals surface area contributed by atoms with Gasteiger partial charge in [0, 0.05) is 11.1 Å². The molecule has 170 valence electrons. The van der Waals surface area contributed by atoms with Crippen molar-refractivity contribution in [1.82, 2.24) is 4.98 Å². The molecule has 14 heteroatoms. The van der Waals surface area contributed by atoms with E-state index >= 15 is 0 Å². The van der Waals surface area contributed by atoms with Crippen LogP contribution in [0.2, 0.25) is 40.2 Å². The number of H-pyrrole nitrogens is 1. The second kappa shape index (κ2) is 8.99. The van der Waals surface area contributed by atoms with Gasteiger partial charge in [-0.25, -0.2) is 9.84 Å². The number of rotatable bonds is 2. The molecule has 0 radical (unpaired) electrons. The van der Waals surface area contributed by atoms with E-state index in [1.54, 1.807) is 6.07 Å². The number of fused-ring (bicyclic) bond motifs is 1. The zero-order valence-electron chi connectivity index (χ0n) is 15.7. The Kier molecular flexibility index (Phi) is 6.68. The Balaban J connectivity index is 2.04. The summed E-state index contributed by atoms with van der Waals surface area (Å²) in [6, 6.07) is 1.79. The number of aliphatic imine (C=N–C) groups is 1. The minimum Gasteiger partial charge on any atom is -0.494 e. The first-order valence-electron chi connectivity index (χ1n) is 8.56. The molecule has 0 saturated carbocycles. The number of aromatic nitrogens is 1. The average molecular weight is 614 g/mol. The summed E-state index contributed by atoms with van der Waals surface area (Å²) in [6.45, 7) is 7.23. The van der Waals surface area contributed by atoms with Crippen LogP contribution < -0.4 is 0 Å². The van der Waals surface area contributed by atoms with E-state index in [4.69, 9.17) is 99.4 Å². The van der Waals surface area contributed by atoms with Crippen LogP contribution >= 0.6 is 92.8 Å². The average Bonchev–Trinajstić information content (AvgIpc) is 3.31. The first-order valence-corrected chi connectivity index (χ1v) is 11.6. The lowest BCUT2D eigenvalue weighted by Gasteiger charge is -2.12. The molecule has 1 aromatic heterocycles. The predicted octanol–water partition coefficient (Wildman–Crippen LogP) is 9.03. The van der Waals surface area contributed by atoms with Crippen molar-refractivity contribution in [3.05, 3.63) is 73.9 Å². The SMILES string of the molecule is [C-]#[N+]c1c(Cl)c(Cl)c(C2=NC(=O)c3c(-c4c(Cl)c(Cl)c(C#N)c(Cl)c4Cl)[nH]c(O)c32)c(Cl)c1Cl. The number of amides is 1. The number of halogens is 8. The molecule has 0 fully saturated rings. The number of hydrogen-bond donors (Lipinski definition) is 2. The molecule has 2 aromatic carbocycles. The Morgan fingerprint density at radius 1 is 0.794 bits per heavy atom. The number of carbonyl (C=O) groups excluding carboxylic acids is 1. The topological polar surface area (TPSA) is 93.6 Å². The van der Waals surface area contributed by atoms with Crippen LogP contribution in [-0.4, -0.2) is 21.7 Å². The molecule has 1 aliphatic rings. The quantitative estimate of drug-likeness (QED) is 0.223. The van der Waals surface area contributed by atoms with E-state index in [2.05, 4.69) is 14.8 Å². The Morgan fingerprint density at radius 2 is 1.29 bits per heavy atom. The van der Waals surface area contributed by atoms with Crippen molar-refractivity contribution in [3.8, 4) is 23.2 Å². The molecule has 6 nitrogen and oxygen atoms in total. The maximum absolute atomic E-state index is 13.0. The summed E-state index contributed by atoms with van der Waals surface area (Å²) in [5.74, 6) is -1.35. The normalized spacial score (nSPS) is 12.4. The van der Waals surface area contributed by atoms with Gasteiger partial charge in [0.15, 0.2) is 5.88 Å². The smallest absolute Gasteiger partial charge is 0.280 e. The second-order valence-electron chi connectivity index (χ2n) is 6.57. The van der Waals surface area contributed by atoms with Crippen molar-refractivity contribution in [2.75, 3.05) is 0 Å². The second-order valence-corrected chi connectivity index (χ2v) is 9.60. The van der Waals surface area contributed by atoms with Crippen LogP contribution in [0.3, 0.4) is 0 Å². The molecule has 0 bridgehead atoms. The van der Waals surface area contributed by atoms with Crippen molar-refractivity contribution in [1.29, 1.82) is 5.26 Å². The highest BCUT2D eigenvalue weighted by molar-refractivity contribution is 6.55. The van der Waals surface area contributed by atoms with Gasteiger partial charge in [0.1, 0.15) is 6.07 Å². The molecular formula is C20H2Cl8N4O2. The summed E-state index contributed by atoms with van der Waals surface area (Å²) >= 11 is 50.1. The van der Waals surface area contributed by atoms with Crippen molar-refractivity contribution in [2.24, 2.45) is 4.99 Å². The van der Waals surface area contributed by atoms with Crippen molar-refractivity contribution < 1.29 is 9.90 Å². The number of nitrogens with one attached hydrogen (secondary N) is 1. The monoisotopic (exact) mass is 610 g/mol. The van der Waals surface area contributed by atoms with E-state index in [0.717, 1.165) is 0 Å². The molecule has 2 heterocycles. The van der Waals surface area contributed by atoms with E-state index in [0.29, 0.717) is 0 Å². The standard InChI is InChI=1S/C20H2Cl8N4O2/c1-30-18-14(27)12(25)7(13(26)15(18)28)17-5-4(19(33)32-17)16(31-20(5)34)6-10(23)8(21)3(2-29)9(22)11(6)24/h31,34H. The lowest BCUT2D eigenvalue weighted by Crippen LogP contribution is -2.03. The number of hydrogen-bond acceptors (Lipinski definition) is 3. The number of nitrogens with zero attached hydrogens (tertiary/aromatic N) is 3. The van der Waals surface area contributed by atoms with Gasteiger partial charge in [-0.15, -0.1) is 0 Å². The number of nitriles is 1. The van der Waals surface area contributed by atoms with E-state index < -0.39 is 11.8 Å². The summed E-state index contributed by atoms with van der Waals surface area (Å²) < 4.78 is 0. The van der Waals surface area contributed by atoms with Crippen LogP contribution in [0.1, 0.15) is 27.0 Å². The molecule has 3 aromatic rings. The summed E-state index contributed by atoms with van der Waals surface area (Å²) in [4.78, 5) is 22.7. The zero-order chi connectivity index (χ0) is 25.2. The third kappa shape index (κ3) is 3.45. The minimum absolute atomic E-state index is 0.0460. The highest BCUT2D eigenvalue weighted by atomic mass is 35.5. The Hall–Kier alpha value is -1.84. The van der Waals surface area contributed by atoms with Crippen molar-refractivity contribution in [2.45, 2.75) is 0 Å². The molecule has 0 saturated heterocycles. The molecule has 0 unspecified atom stereocenters. The molecule has 1 amide bonds. The van der Waals surface area contributed by atoms with Crippen molar-refractivity contribution >= 4 is 110 Å². The maximum Gasteiger partial charge on any atom is 0.280 e. The summed E-state index contributed by atoms with van der Waals surface area (Å²) in [6.07, 6.45) is 0. The fourth-order valence-corrected chi connectivity index (χ4v) is 5.62. The molecule has 0 spiro atoms.